The highest BCUT2D eigenvalue weighted by Crippen LogP contribution is 2.66. The monoisotopic (exact) mass is 892 g/mol. The third-order valence-electron chi connectivity index (χ3n) is 14.1. The second-order valence-corrected chi connectivity index (χ2v) is 30.4. The summed E-state index contributed by atoms with van der Waals surface area (Å²) in [5.41, 5.74) is 1.93. The Balaban J connectivity index is 1.41. The fourth-order valence-corrected chi connectivity index (χ4v) is 15.8. The summed E-state index contributed by atoms with van der Waals surface area (Å²) in [5, 5.41) is -0.0774. The van der Waals surface area contributed by atoms with Crippen molar-refractivity contribution in [2.75, 3.05) is 35.0 Å². The average molecular weight is 893 g/mol. The van der Waals surface area contributed by atoms with E-state index in [1.165, 1.54) is 14.2 Å². The topological polar surface area (TPSA) is 139 Å². The van der Waals surface area contributed by atoms with Crippen molar-refractivity contribution in [1.29, 1.82) is 0 Å². The molecule has 1 aliphatic carbocycles. The molecule has 0 radical (unpaired) electrons. The van der Waals surface area contributed by atoms with Gasteiger partial charge in [-0.05, 0) is 54.4 Å². The quantitative estimate of drug-likeness (QED) is 0.103. The Hall–Kier alpha value is -3.39. The van der Waals surface area contributed by atoms with E-state index in [1.54, 1.807) is 14.2 Å². The Kier molecular flexibility index (Phi) is 10.8. The standard InChI is InChI=1S/C47H64O13Si2/c1-25-21-28-32-37(31(25)39-40-41(49)46(24-55-46)47(56-39,57-40)42(52-13)53-14)59-62(44(5,6)7,45(8,9)10)60-38(32)34-33(36(28)51-12)29(54-23-26-17-19-27(50-11)20-18-26)22-30(35(34)48)58-61(15,16)43(2,3)4/h17-21,29-30,39-40,42H,22-24H2,1-16H3/t29-,30-,39-,40-,46-,47-/m0/s1. The molecule has 3 fully saturated rings. The molecule has 0 unspecified atom stereocenters. The van der Waals surface area contributed by atoms with E-state index in [4.69, 9.17) is 51.2 Å². The zero-order chi connectivity index (χ0) is 45.3. The molecule has 5 aliphatic rings. The van der Waals surface area contributed by atoms with Crippen LogP contribution in [0.2, 0.25) is 28.2 Å². The molecule has 6 atom stereocenters. The smallest absolute Gasteiger partial charge is 0.471 e. The molecule has 338 valence electrons. The van der Waals surface area contributed by atoms with E-state index in [9.17, 15) is 4.79 Å². The van der Waals surface area contributed by atoms with E-state index >= 15 is 4.79 Å². The fraction of sp³-hybridized carbons (Fsp3) is 0.617. The number of rotatable bonds is 11. The van der Waals surface area contributed by atoms with Crippen LogP contribution < -0.4 is 18.3 Å². The van der Waals surface area contributed by atoms with Crippen LogP contribution in [0.1, 0.15) is 114 Å². The summed E-state index contributed by atoms with van der Waals surface area (Å²) in [4.78, 5) is 30.0. The van der Waals surface area contributed by atoms with Gasteiger partial charge in [-0.1, -0.05) is 74.4 Å². The third-order valence-corrected chi connectivity index (χ3v) is 23.5. The van der Waals surface area contributed by atoms with Crippen molar-refractivity contribution in [2.45, 2.75) is 153 Å². The summed E-state index contributed by atoms with van der Waals surface area (Å²) in [7, 11) is 0.101. The number of ketones is 2. The summed E-state index contributed by atoms with van der Waals surface area (Å²) in [5.74, 6) is -0.0244. The minimum absolute atomic E-state index is 0.117. The number of fused-ring (bicyclic) bond motifs is 5. The van der Waals surface area contributed by atoms with Gasteiger partial charge in [0.1, 0.15) is 35.2 Å². The van der Waals surface area contributed by atoms with Crippen molar-refractivity contribution >= 4 is 39.2 Å². The van der Waals surface area contributed by atoms with Crippen LogP contribution in [-0.4, -0.2) is 93.4 Å². The highest BCUT2D eigenvalue weighted by atomic mass is 28.4. The molecule has 3 aromatic rings. The minimum atomic E-state index is -3.58. The van der Waals surface area contributed by atoms with Gasteiger partial charge in [0.05, 0.1) is 44.5 Å². The van der Waals surface area contributed by atoms with Gasteiger partial charge in [0.2, 0.25) is 17.7 Å². The molecule has 0 amide bonds. The SMILES string of the molecule is COc1ccc(CO[C@H]2C[C@H](O[Si](C)(C)C(C)(C)C)C(=O)c3c2c(OC)c2cc(C)c([C@@H]4O[C@@]5(C(OC)OC)O[C@@H]4C(=O)[C@@]54CO4)c4c2c3O[Si](C(C)(C)C)(C(C)(C)C)O4)cc1. The van der Waals surface area contributed by atoms with Gasteiger partial charge in [0.15, 0.2) is 20.2 Å². The predicted octanol–water partition coefficient (Wildman–Crippen LogP) is 9.34. The number of Topliss-reactive ketones (excluding diaryl/α,β-unsaturated/α-hetero) is 2. The van der Waals surface area contributed by atoms with Crippen LogP contribution >= 0.6 is 0 Å². The second kappa shape index (κ2) is 14.8. The van der Waals surface area contributed by atoms with Crippen LogP contribution in [0, 0.1) is 6.92 Å². The summed E-state index contributed by atoms with van der Waals surface area (Å²) in [6.07, 6.45) is -4.27. The largest absolute Gasteiger partial charge is 0.510 e. The number of ether oxygens (including phenoxy) is 8. The number of hydrogen-bond acceptors (Lipinski definition) is 13. The van der Waals surface area contributed by atoms with Gasteiger partial charge in [-0.15, -0.1) is 0 Å². The lowest BCUT2D eigenvalue weighted by atomic mass is 9.81. The number of carbonyl (C=O) groups excluding carboxylic acids is 2. The molecule has 8 rings (SSSR count). The first-order valence-corrected chi connectivity index (χ1v) is 26.2. The maximum Gasteiger partial charge on any atom is 0.471 e. The lowest BCUT2D eigenvalue weighted by Gasteiger charge is -2.52. The Morgan fingerprint density at radius 2 is 1.42 bits per heavy atom. The Morgan fingerprint density at radius 3 is 1.95 bits per heavy atom. The van der Waals surface area contributed by atoms with E-state index in [1.807, 2.05) is 37.3 Å². The van der Waals surface area contributed by atoms with E-state index in [2.05, 4.69) is 75.4 Å². The Morgan fingerprint density at radius 1 is 0.823 bits per heavy atom. The van der Waals surface area contributed by atoms with E-state index < -0.39 is 69.0 Å². The highest BCUT2D eigenvalue weighted by Gasteiger charge is 2.84. The number of benzene rings is 3. The van der Waals surface area contributed by atoms with Crippen LogP contribution in [0.15, 0.2) is 30.3 Å². The van der Waals surface area contributed by atoms with Gasteiger partial charge in [0.25, 0.3) is 5.79 Å². The molecule has 62 heavy (non-hydrogen) atoms. The van der Waals surface area contributed by atoms with Crippen LogP contribution in [0.25, 0.3) is 10.8 Å². The van der Waals surface area contributed by atoms with E-state index in [-0.39, 0.29) is 36.2 Å². The van der Waals surface area contributed by atoms with Crippen molar-refractivity contribution in [3.05, 3.63) is 58.1 Å². The first kappa shape index (κ1) is 45.2. The number of epoxide rings is 1. The fourth-order valence-electron chi connectivity index (χ4n) is 10.0. The summed E-state index contributed by atoms with van der Waals surface area (Å²) < 4.78 is 71.7. The van der Waals surface area contributed by atoms with Crippen molar-refractivity contribution in [3.63, 3.8) is 0 Å². The number of aryl methyl sites for hydroxylation is 1. The lowest BCUT2D eigenvalue weighted by molar-refractivity contribution is -0.317. The molecular weight excluding hydrogens is 829 g/mol. The van der Waals surface area contributed by atoms with Gasteiger partial charge < -0.3 is 51.2 Å². The molecule has 0 N–H and O–H groups in total. The molecule has 1 spiro atoms. The number of carbonyl (C=O) groups is 2. The second-order valence-electron chi connectivity index (χ2n) is 21.0. The maximum absolute atomic E-state index is 15.6. The molecule has 0 aromatic heterocycles. The molecular formula is C47H64O13Si2. The Labute approximate surface area is 367 Å². The van der Waals surface area contributed by atoms with Gasteiger partial charge in [0, 0.05) is 47.2 Å². The molecule has 4 heterocycles. The molecule has 13 nitrogen and oxygen atoms in total. The van der Waals surface area contributed by atoms with E-state index in [0.29, 0.717) is 44.7 Å². The summed E-state index contributed by atoms with van der Waals surface area (Å²) in [6.45, 7) is 25.9. The molecule has 4 aliphatic heterocycles. The van der Waals surface area contributed by atoms with Crippen LogP contribution in [0.3, 0.4) is 0 Å². The van der Waals surface area contributed by atoms with Crippen molar-refractivity contribution in [1.82, 2.24) is 0 Å². The first-order chi connectivity index (χ1) is 28.9. The van der Waals surface area contributed by atoms with Crippen LogP contribution in [0.5, 0.6) is 23.0 Å². The average Bonchev–Trinajstić information content (AvgIpc) is 3.86. The predicted molar refractivity (Wildman–Crippen MR) is 236 cm³/mol. The van der Waals surface area contributed by atoms with Gasteiger partial charge in [-0.3, -0.25) is 9.59 Å². The van der Waals surface area contributed by atoms with Gasteiger partial charge >= 0.3 is 8.56 Å². The van der Waals surface area contributed by atoms with Gasteiger partial charge in [-0.25, -0.2) is 0 Å². The summed E-state index contributed by atoms with van der Waals surface area (Å²) in [6, 6.07) is 9.74. The minimum Gasteiger partial charge on any atom is -0.510 e. The highest BCUT2D eigenvalue weighted by molar-refractivity contribution is 6.75. The van der Waals surface area contributed by atoms with Gasteiger partial charge in [-0.2, -0.15) is 0 Å². The third kappa shape index (κ3) is 6.38. The van der Waals surface area contributed by atoms with Crippen molar-refractivity contribution in [3.8, 4) is 23.0 Å². The van der Waals surface area contributed by atoms with Crippen molar-refractivity contribution in [2.24, 2.45) is 0 Å². The number of hydrogen-bond donors (Lipinski definition) is 0. The maximum atomic E-state index is 15.6. The number of methoxy groups -OCH3 is 4. The zero-order valence-electron chi connectivity index (χ0n) is 39.2. The molecule has 0 saturated carbocycles. The molecule has 3 aromatic carbocycles. The van der Waals surface area contributed by atoms with Crippen LogP contribution in [-0.2, 0) is 44.2 Å². The molecule has 15 heteroatoms. The Bertz CT molecular complexity index is 2280. The van der Waals surface area contributed by atoms with Crippen LogP contribution in [0.4, 0.5) is 0 Å². The first-order valence-electron chi connectivity index (χ1n) is 21.5. The van der Waals surface area contributed by atoms with Crippen molar-refractivity contribution < 1.29 is 60.8 Å². The summed E-state index contributed by atoms with van der Waals surface area (Å²) >= 11 is 0. The molecule has 2 bridgehead atoms. The lowest BCUT2D eigenvalue weighted by Crippen LogP contribution is -2.64. The normalized spacial score (nSPS) is 27.8. The zero-order valence-corrected chi connectivity index (χ0v) is 41.2. The molecule has 3 saturated heterocycles. The van der Waals surface area contributed by atoms with E-state index in [0.717, 1.165) is 16.9 Å².